The fraction of sp³-hybridized carbons (Fsp3) is 1.00. The molecule has 0 aromatic carbocycles. The number of fused-ring (bicyclic) bond motifs is 1. The first kappa shape index (κ1) is 8.44. The van der Waals surface area contributed by atoms with E-state index in [0.717, 1.165) is 0 Å². The minimum absolute atomic E-state index is 0.227. The van der Waals surface area contributed by atoms with Gasteiger partial charge in [0.25, 0.3) is 0 Å². The molecule has 70 valence electrons. The average molecular weight is 174 g/mol. The van der Waals surface area contributed by atoms with Crippen molar-refractivity contribution in [2.24, 2.45) is 0 Å². The summed E-state index contributed by atoms with van der Waals surface area (Å²) in [7, 11) is 0. The van der Waals surface area contributed by atoms with Crippen LogP contribution in [0.3, 0.4) is 0 Å². The van der Waals surface area contributed by atoms with Gasteiger partial charge in [0.05, 0.1) is 13.2 Å². The van der Waals surface area contributed by atoms with Crippen molar-refractivity contribution in [3.8, 4) is 0 Å². The number of ether oxygens (including phenoxy) is 2. The van der Waals surface area contributed by atoms with Crippen LogP contribution in [0.25, 0.3) is 0 Å². The lowest BCUT2D eigenvalue weighted by atomic mass is 9.88. The van der Waals surface area contributed by atoms with Crippen molar-refractivity contribution in [1.82, 2.24) is 0 Å². The van der Waals surface area contributed by atoms with E-state index < -0.39 is 23.4 Å². The van der Waals surface area contributed by atoms with E-state index >= 15 is 0 Å². The molecular weight excluding hydrogens is 160 g/mol. The molecule has 4 nitrogen and oxygen atoms in total. The summed E-state index contributed by atoms with van der Waals surface area (Å²) in [6, 6.07) is 0. The van der Waals surface area contributed by atoms with Gasteiger partial charge in [0.2, 0.25) is 0 Å². The normalized spacial score (nSPS) is 59.0. The molecule has 0 bridgehead atoms. The lowest BCUT2D eigenvalue weighted by Gasteiger charge is -2.27. The minimum Gasteiger partial charge on any atom is -0.388 e. The third kappa shape index (κ3) is 0.864. The van der Waals surface area contributed by atoms with Gasteiger partial charge in [-0.05, 0) is 13.8 Å². The highest BCUT2D eigenvalue weighted by Gasteiger charge is 2.61. The SMILES string of the molecule is C[C@]12OC[C@@](C)(O)[C@H]1OC[C@@H]2O. The molecule has 0 spiro atoms. The average Bonchev–Trinajstić information content (AvgIpc) is 2.37. The number of rotatable bonds is 0. The topological polar surface area (TPSA) is 58.9 Å². The number of aliphatic hydroxyl groups excluding tert-OH is 1. The van der Waals surface area contributed by atoms with E-state index in [9.17, 15) is 10.2 Å². The Kier molecular flexibility index (Phi) is 1.55. The molecule has 2 N–H and O–H groups in total. The summed E-state index contributed by atoms with van der Waals surface area (Å²) in [6.45, 7) is 3.92. The standard InChI is InChI=1S/C8H14O4/c1-7(10)4-12-8(2)5(9)3-11-6(7)8/h5-6,9-10H,3-4H2,1-2H3/t5-,6+,7+,8+/m0/s1. The van der Waals surface area contributed by atoms with E-state index in [4.69, 9.17) is 9.47 Å². The number of aliphatic hydroxyl groups is 2. The predicted octanol–water partition coefficient (Wildman–Crippen LogP) is -0.714. The summed E-state index contributed by atoms with van der Waals surface area (Å²) >= 11 is 0. The molecule has 4 heteroatoms. The van der Waals surface area contributed by atoms with Gasteiger partial charge in [-0.15, -0.1) is 0 Å². The van der Waals surface area contributed by atoms with Crippen molar-refractivity contribution in [1.29, 1.82) is 0 Å². The molecule has 0 aromatic heterocycles. The Bertz CT molecular complexity index is 203. The summed E-state index contributed by atoms with van der Waals surface area (Å²) in [5.41, 5.74) is -1.68. The third-order valence-electron chi connectivity index (χ3n) is 2.84. The van der Waals surface area contributed by atoms with Crippen LogP contribution in [0.1, 0.15) is 13.8 Å². The Morgan fingerprint density at radius 1 is 1.42 bits per heavy atom. The van der Waals surface area contributed by atoms with Crippen LogP contribution >= 0.6 is 0 Å². The number of hydrogen-bond acceptors (Lipinski definition) is 4. The second kappa shape index (κ2) is 2.20. The summed E-state index contributed by atoms with van der Waals surface area (Å²) < 4.78 is 10.6. The van der Waals surface area contributed by atoms with Gasteiger partial charge in [0.1, 0.15) is 23.4 Å². The van der Waals surface area contributed by atoms with Crippen molar-refractivity contribution in [2.75, 3.05) is 13.2 Å². The molecular formula is C8H14O4. The van der Waals surface area contributed by atoms with Crippen LogP contribution in [-0.2, 0) is 9.47 Å². The van der Waals surface area contributed by atoms with E-state index in [1.807, 2.05) is 0 Å². The van der Waals surface area contributed by atoms with Crippen LogP contribution in [0.5, 0.6) is 0 Å². The lowest BCUT2D eigenvalue weighted by Crippen LogP contribution is -2.48. The van der Waals surface area contributed by atoms with Crippen molar-refractivity contribution < 1.29 is 19.7 Å². The minimum atomic E-state index is -0.966. The zero-order valence-corrected chi connectivity index (χ0v) is 7.28. The van der Waals surface area contributed by atoms with E-state index in [1.54, 1.807) is 13.8 Å². The van der Waals surface area contributed by atoms with E-state index in [2.05, 4.69) is 0 Å². The Hall–Kier alpha value is -0.160. The molecule has 2 aliphatic heterocycles. The third-order valence-corrected chi connectivity index (χ3v) is 2.84. The molecule has 0 unspecified atom stereocenters. The molecule has 2 heterocycles. The van der Waals surface area contributed by atoms with Crippen molar-refractivity contribution in [2.45, 2.75) is 37.3 Å². The van der Waals surface area contributed by atoms with E-state index in [1.165, 1.54) is 0 Å². The van der Waals surface area contributed by atoms with Crippen molar-refractivity contribution in [3.05, 3.63) is 0 Å². The largest absolute Gasteiger partial charge is 0.388 e. The van der Waals surface area contributed by atoms with E-state index in [-0.39, 0.29) is 13.2 Å². The second-order valence-electron chi connectivity index (χ2n) is 4.06. The fourth-order valence-corrected chi connectivity index (χ4v) is 2.04. The first-order chi connectivity index (χ1) is 5.47. The predicted molar refractivity (Wildman–Crippen MR) is 40.7 cm³/mol. The lowest BCUT2D eigenvalue weighted by molar-refractivity contribution is -0.0621. The first-order valence-electron chi connectivity index (χ1n) is 4.13. The van der Waals surface area contributed by atoms with Crippen molar-refractivity contribution in [3.63, 3.8) is 0 Å². The molecule has 2 saturated heterocycles. The molecule has 0 aliphatic carbocycles. The summed E-state index contributed by atoms with van der Waals surface area (Å²) in [5, 5.41) is 19.3. The van der Waals surface area contributed by atoms with Gasteiger partial charge in [0, 0.05) is 0 Å². The van der Waals surface area contributed by atoms with Crippen LogP contribution in [0, 0.1) is 0 Å². The van der Waals surface area contributed by atoms with E-state index in [0.29, 0.717) is 0 Å². The molecule has 0 amide bonds. The maximum absolute atomic E-state index is 9.79. The van der Waals surface area contributed by atoms with Crippen LogP contribution in [-0.4, -0.2) is 46.8 Å². The highest BCUT2D eigenvalue weighted by atomic mass is 16.6. The zero-order valence-electron chi connectivity index (χ0n) is 7.28. The maximum atomic E-state index is 9.79. The van der Waals surface area contributed by atoms with Crippen LogP contribution in [0.4, 0.5) is 0 Å². The van der Waals surface area contributed by atoms with Gasteiger partial charge < -0.3 is 19.7 Å². The second-order valence-corrected chi connectivity index (χ2v) is 4.06. The molecule has 12 heavy (non-hydrogen) atoms. The Labute approximate surface area is 71.1 Å². The summed E-state index contributed by atoms with van der Waals surface area (Å²) in [5.74, 6) is 0. The van der Waals surface area contributed by atoms with Gasteiger partial charge in [0.15, 0.2) is 0 Å². The fourth-order valence-electron chi connectivity index (χ4n) is 2.04. The van der Waals surface area contributed by atoms with Crippen LogP contribution in [0.15, 0.2) is 0 Å². The molecule has 0 radical (unpaired) electrons. The molecule has 2 fully saturated rings. The van der Waals surface area contributed by atoms with Crippen LogP contribution in [0.2, 0.25) is 0 Å². The van der Waals surface area contributed by atoms with Gasteiger partial charge in [-0.3, -0.25) is 0 Å². The molecule has 0 aromatic rings. The maximum Gasteiger partial charge on any atom is 0.122 e. The summed E-state index contributed by atoms with van der Waals surface area (Å²) in [6.07, 6.45) is -1.03. The summed E-state index contributed by atoms with van der Waals surface area (Å²) in [4.78, 5) is 0. The highest BCUT2D eigenvalue weighted by molar-refractivity contribution is 5.09. The Morgan fingerprint density at radius 2 is 2.08 bits per heavy atom. The van der Waals surface area contributed by atoms with Gasteiger partial charge >= 0.3 is 0 Å². The Balaban J connectivity index is 2.29. The van der Waals surface area contributed by atoms with Crippen LogP contribution < -0.4 is 0 Å². The molecule has 0 saturated carbocycles. The quantitative estimate of drug-likeness (QED) is 0.509. The van der Waals surface area contributed by atoms with Crippen molar-refractivity contribution >= 4 is 0 Å². The molecule has 2 rings (SSSR count). The van der Waals surface area contributed by atoms with Gasteiger partial charge in [-0.1, -0.05) is 0 Å². The Morgan fingerprint density at radius 3 is 2.67 bits per heavy atom. The smallest absolute Gasteiger partial charge is 0.122 e. The monoisotopic (exact) mass is 174 g/mol. The molecule has 2 aliphatic rings. The number of hydrogen-bond donors (Lipinski definition) is 2. The van der Waals surface area contributed by atoms with Gasteiger partial charge in [-0.25, -0.2) is 0 Å². The van der Waals surface area contributed by atoms with Gasteiger partial charge in [-0.2, -0.15) is 0 Å². The molecule has 4 atom stereocenters. The zero-order chi connectivity index (χ0) is 8.98. The highest BCUT2D eigenvalue weighted by Crippen LogP contribution is 2.42. The first-order valence-corrected chi connectivity index (χ1v) is 4.13.